The van der Waals surface area contributed by atoms with Crippen LogP contribution in [0, 0.1) is 13.8 Å². The summed E-state index contributed by atoms with van der Waals surface area (Å²) in [4.78, 5) is 12.6. The summed E-state index contributed by atoms with van der Waals surface area (Å²) in [5.74, 6) is 0.111. The van der Waals surface area contributed by atoms with Gasteiger partial charge in [-0.25, -0.2) is 8.42 Å². The van der Waals surface area contributed by atoms with E-state index >= 15 is 0 Å². The predicted molar refractivity (Wildman–Crippen MR) is 114 cm³/mol. The quantitative estimate of drug-likeness (QED) is 0.632. The highest BCUT2D eigenvalue weighted by atomic mass is 32.2. The smallest absolute Gasteiger partial charge is 0.262 e. The Morgan fingerprint density at radius 2 is 1.59 bits per heavy atom. The molecule has 0 atom stereocenters. The standard InChI is InChI=1S/C22H22N2O4S/c1-15-11-16(2)13-17(12-15)22(25)23-18-7-6-8-19(14-18)29(26,27)24-20-9-4-5-10-21(20)28-3/h4-14,24H,1-3H3,(H,23,25). The number of benzene rings is 3. The lowest BCUT2D eigenvalue weighted by Gasteiger charge is -2.13. The molecule has 6 nitrogen and oxygen atoms in total. The fraction of sp³-hybridized carbons (Fsp3) is 0.136. The van der Waals surface area contributed by atoms with Gasteiger partial charge >= 0.3 is 0 Å². The van der Waals surface area contributed by atoms with Gasteiger partial charge in [0.1, 0.15) is 5.75 Å². The maximum atomic E-state index is 12.8. The zero-order valence-electron chi connectivity index (χ0n) is 16.4. The average Bonchev–Trinajstić information content (AvgIpc) is 2.67. The molecule has 7 heteroatoms. The van der Waals surface area contributed by atoms with Gasteiger partial charge in [0.05, 0.1) is 17.7 Å². The summed E-state index contributed by atoms with van der Waals surface area (Å²) in [5, 5.41) is 2.76. The molecule has 29 heavy (non-hydrogen) atoms. The summed E-state index contributed by atoms with van der Waals surface area (Å²) >= 11 is 0. The number of sulfonamides is 1. The van der Waals surface area contributed by atoms with Gasteiger partial charge in [-0.1, -0.05) is 35.4 Å². The van der Waals surface area contributed by atoms with Gasteiger partial charge in [-0.2, -0.15) is 0 Å². The van der Waals surface area contributed by atoms with Crippen molar-refractivity contribution in [3.8, 4) is 5.75 Å². The summed E-state index contributed by atoms with van der Waals surface area (Å²) in [6, 6.07) is 18.4. The van der Waals surface area contributed by atoms with Crippen LogP contribution < -0.4 is 14.8 Å². The van der Waals surface area contributed by atoms with Gasteiger partial charge in [-0.3, -0.25) is 9.52 Å². The van der Waals surface area contributed by atoms with Crippen LogP contribution in [-0.2, 0) is 10.0 Å². The molecule has 0 aliphatic heterocycles. The second kappa shape index (κ2) is 8.36. The van der Waals surface area contributed by atoms with Gasteiger partial charge in [0.25, 0.3) is 15.9 Å². The van der Waals surface area contributed by atoms with Crippen LogP contribution in [0.4, 0.5) is 11.4 Å². The van der Waals surface area contributed by atoms with Crippen LogP contribution in [0.15, 0.2) is 71.6 Å². The first-order valence-corrected chi connectivity index (χ1v) is 10.4. The molecular formula is C22H22N2O4S. The van der Waals surface area contributed by atoms with Crippen LogP contribution in [0.5, 0.6) is 5.75 Å². The molecule has 3 rings (SSSR count). The third-order valence-electron chi connectivity index (χ3n) is 4.24. The Hall–Kier alpha value is -3.32. The molecule has 3 aromatic rings. The van der Waals surface area contributed by atoms with Gasteiger partial charge in [0.2, 0.25) is 0 Å². The van der Waals surface area contributed by atoms with E-state index in [0.717, 1.165) is 11.1 Å². The molecule has 0 fully saturated rings. The van der Waals surface area contributed by atoms with Gasteiger partial charge < -0.3 is 10.1 Å². The van der Waals surface area contributed by atoms with Gasteiger partial charge in [-0.15, -0.1) is 0 Å². The molecule has 0 spiro atoms. The first kappa shape index (κ1) is 20.4. The van der Waals surface area contributed by atoms with Crippen LogP contribution in [0.2, 0.25) is 0 Å². The molecule has 3 aromatic carbocycles. The highest BCUT2D eigenvalue weighted by molar-refractivity contribution is 7.92. The Morgan fingerprint density at radius 1 is 0.897 bits per heavy atom. The third kappa shape index (κ3) is 4.94. The first-order valence-electron chi connectivity index (χ1n) is 8.94. The molecule has 0 aromatic heterocycles. The number of carbonyl (C=O) groups is 1. The topological polar surface area (TPSA) is 84.5 Å². The molecule has 150 valence electrons. The SMILES string of the molecule is COc1ccccc1NS(=O)(=O)c1cccc(NC(=O)c2cc(C)cc(C)c2)c1. The summed E-state index contributed by atoms with van der Waals surface area (Å²) in [6.45, 7) is 3.83. The number of hydrogen-bond acceptors (Lipinski definition) is 4. The molecule has 0 saturated carbocycles. The monoisotopic (exact) mass is 410 g/mol. The van der Waals surface area contributed by atoms with E-state index in [1.807, 2.05) is 19.9 Å². The van der Waals surface area contributed by atoms with Crippen LogP contribution in [-0.4, -0.2) is 21.4 Å². The molecule has 0 unspecified atom stereocenters. The molecule has 2 N–H and O–H groups in total. The lowest BCUT2D eigenvalue weighted by atomic mass is 10.1. The fourth-order valence-corrected chi connectivity index (χ4v) is 4.10. The highest BCUT2D eigenvalue weighted by Crippen LogP contribution is 2.27. The summed E-state index contributed by atoms with van der Waals surface area (Å²) in [6.07, 6.45) is 0. The predicted octanol–water partition coefficient (Wildman–Crippen LogP) is 4.37. The number of ether oxygens (including phenoxy) is 1. The minimum Gasteiger partial charge on any atom is -0.495 e. The van der Waals surface area contributed by atoms with E-state index < -0.39 is 10.0 Å². The Bertz CT molecular complexity index is 1140. The number of methoxy groups -OCH3 is 1. The van der Waals surface area contributed by atoms with Crippen LogP contribution in [0.25, 0.3) is 0 Å². The van der Waals surface area contributed by atoms with Crippen molar-refractivity contribution in [2.75, 3.05) is 17.1 Å². The number of aryl methyl sites for hydroxylation is 2. The zero-order valence-corrected chi connectivity index (χ0v) is 17.2. The van der Waals surface area contributed by atoms with E-state index in [1.165, 1.54) is 19.2 Å². The van der Waals surface area contributed by atoms with Crippen molar-refractivity contribution in [2.24, 2.45) is 0 Å². The Labute approximate surface area is 170 Å². The van der Waals surface area contributed by atoms with E-state index in [0.29, 0.717) is 22.7 Å². The molecule has 0 heterocycles. The largest absolute Gasteiger partial charge is 0.495 e. The minimum absolute atomic E-state index is 0.0293. The number of carbonyl (C=O) groups excluding carboxylic acids is 1. The number of nitrogens with one attached hydrogen (secondary N) is 2. The van der Waals surface area contributed by atoms with E-state index in [4.69, 9.17) is 4.74 Å². The number of para-hydroxylation sites is 2. The highest BCUT2D eigenvalue weighted by Gasteiger charge is 2.17. The van der Waals surface area contributed by atoms with E-state index in [-0.39, 0.29) is 10.8 Å². The molecule has 0 saturated heterocycles. The fourth-order valence-electron chi connectivity index (χ4n) is 2.98. The molecular weight excluding hydrogens is 388 g/mol. The van der Waals surface area contributed by atoms with Gasteiger partial charge in [0.15, 0.2) is 0 Å². The van der Waals surface area contributed by atoms with E-state index in [2.05, 4.69) is 10.0 Å². The maximum Gasteiger partial charge on any atom is 0.262 e. The molecule has 0 bridgehead atoms. The third-order valence-corrected chi connectivity index (χ3v) is 5.60. The lowest BCUT2D eigenvalue weighted by Crippen LogP contribution is -2.15. The second-order valence-corrected chi connectivity index (χ2v) is 8.35. The first-order chi connectivity index (χ1) is 13.8. The number of anilines is 2. The van der Waals surface area contributed by atoms with Gasteiger partial charge in [0, 0.05) is 11.3 Å². The van der Waals surface area contributed by atoms with Crippen LogP contribution >= 0.6 is 0 Å². The molecule has 0 aliphatic rings. The van der Waals surface area contributed by atoms with Crippen molar-refractivity contribution in [1.82, 2.24) is 0 Å². The lowest BCUT2D eigenvalue weighted by molar-refractivity contribution is 0.102. The van der Waals surface area contributed by atoms with Crippen LogP contribution in [0.3, 0.4) is 0 Å². The summed E-state index contributed by atoms with van der Waals surface area (Å²) in [7, 11) is -2.40. The van der Waals surface area contributed by atoms with E-state index in [1.54, 1.807) is 48.5 Å². The Morgan fingerprint density at radius 3 is 2.28 bits per heavy atom. The van der Waals surface area contributed by atoms with E-state index in [9.17, 15) is 13.2 Å². The van der Waals surface area contributed by atoms with Crippen molar-refractivity contribution in [1.29, 1.82) is 0 Å². The Balaban J connectivity index is 1.84. The van der Waals surface area contributed by atoms with Crippen molar-refractivity contribution < 1.29 is 17.9 Å². The summed E-state index contributed by atoms with van der Waals surface area (Å²) < 4.78 is 33.3. The van der Waals surface area contributed by atoms with Gasteiger partial charge in [-0.05, 0) is 56.3 Å². The van der Waals surface area contributed by atoms with Crippen molar-refractivity contribution in [3.05, 3.63) is 83.4 Å². The molecule has 1 amide bonds. The summed E-state index contributed by atoms with van der Waals surface area (Å²) in [5.41, 5.74) is 3.19. The second-order valence-electron chi connectivity index (χ2n) is 6.66. The maximum absolute atomic E-state index is 12.8. The molecule has 0 aliphatic carbocycles. The van der Waals surface area contributed by atoms with Crippen molar-refractivity contribution >= 4 is 27.3 Å². The number of rotatable bonds is 6. The molecule has 0 radical (unpaired) electrons. The van der Waals surface area contributed by atoms with Crippen molar-refractivity contribution in [3.63, 3.8) is 0 Å². The normalized spacial score (nSPS) is 11.0. The number of amides is 1. The zero-order chi connectivity index (χ0) is 21.0. The van der Waals surface area contributed by atoms with Crippen molar-refractivity contribution in [2.45, 2.75) is 18.7 Å². The Kier molecular flexibility index (Phi) is 5.89. The minimum atomic E-state index is -3.86. The number of hydrogen-bond donors (Lipinski definition) is 2. The van der Waals surface area contributed by atoms with Crippen LogP contribution in [0.1, 0.15) is 21.5 Å². The average molecular weight is 410 g/mol.